The first kappa shape index (κ1) is 11.7. The summed E-state index contributed by atoms with van der Waals surface area (Å²) in [5.74, 6) is 0.484. The molecule has 2 unspecified atom stereocenters. The van der Waals surface area contributed by atoms with Crippen LogP contribution in [-0.2, 0) is 9.59 Å². The lowest BCUT2D eigenvalue weighted by Gasteiger charge is -2.10. The molecule has 2 rings (SSSR count). The van der Waals surface area contributed by atoms with Crippen molar-refractivity contribution in [1.82, 2.24) is 10.3 Å². The Morgan fingerprint density at radius 2 is 2.29 bits per heavy atom. The average molecular weight is 233 g/mol. The van der Waals surface area contributed by atoms with Gasteiger partial charge in [0.2, 0.25) is 5.91 Å². The van der Waals surface area contributed by atoms with E-state index >= 15 is 0 Å². The van der Waals surface area contributed by atoms with E-state index in [1.807, 2.05) is 6.07 Å². The molecule has 1 saturated heterocycles. The summed E-state index contributed by atoms with van der Waals surface area (Å²) >= 11 is 0. The zero-order valence-corrected chi connectivity index (χ0v) is 9.64. The maximum absolute atomic E-state index is 11.9. The Labute approximate surface area is 99.6 Å². The highest BCUT2D eigenvalue weighted by molar-refractivity contribution is 5.95. The summed E-state index contributed by atoms with van der Waals surface area (Å²) in [6, 6.07) is 5.03. The van der Waals surface area contributed by atoms with Crippen molar-refractivity contribution in [3.05, 3.63) is 24.4 Å². The van der Waals surface area contributed by atoms with Gasteiger partial charge in [0.05, 0.1) is 6.04 Å². The van der Waals surface area contributed by atoms with Crippen LogP contribution >= 0.6 is 0 Å². The minimum Gasteiger partial charge on any atom is -0.309 e. The van der Waals surface area contributed by atoms with Gasteiger partial charge in [-0.3, -0.25) is 9.59 Å². The normalized spacial score (nSPS) is 23.4. The molecule has 0 spiro atoms. The van der Waals surface area contributed by atoms with E-state index in [1.165, 1.54) is 0 Å². The highest BCUT2D eigenvalue weighted by atomic mass is 16.2. The van der Waals surface area contributed by atoms with Gasteiger partial charge < -0.3 is 10.6 Å². The Morgan fingerprint density at radius 3 is 2.88 bits per heavy atom. The van der Waals surface area contributed by atoms with Gasteiger partial charge in [0, 0.05) is 18.7 Å². The fraction of sp³-hybridized carbons (Fsp3) is 0.417. The largest absolute Gasteiger partial charge is 0.309 e. The molecule has 5 heteroatoms. The average Bonchev–Trinajstić information content (AvgIpc) is 2.79. The van der Waals surface area contributed by atoms with Crippen molar-refractivity contribution in [1.29, 1.82) is 0 Å². The zero-order valence-electron chi connectivity index (χ0n) is 9.64. The molecule has 2 heterocycles. The summed E-state index contributed by atoms with van der Waals surface area (Å²) in [6.07, 6.45) is 2.18. The van der Waals surface area contributed by atoms with E-state index in [0.29, 0.717) is 18.8 Å². The van der Waals surface area contributed by atoms with Crippen LogP contribution in [0.5, 0.6) is 0 Å². The predicted octanol–water partition coefficient (Wildman–Crippen LogP) is 0.587. The number of rotatable bonds is 3. The third-order valence-electron chi connectivity index (χ3n) is 2.94. The third-order valence-corrected chi connectivity index (χ3v) is 2.94. The lowest BCUT2D eigenvalue weighted by atomic mass is 10.0. The van der Waals surface area contributed by atoms with Gasteiger partial charge >= 0.3 is 0 Å². The molecule has 0 aliphatic carbocycles. The number of Topliss-reactive ketones (excluding diaryl/α,β-unsaturated/α-hetero) is 1. The predicted molar refractivity (Wildman–Crippen MR) is 63.4 cm³/mol. The summed E-state index contributed by atoms with van der Waals surface area (Å²) in [7, 11) is 0. The van der Waals surface area contributed by atoms with Gasteiger partial charge in [-0.25, -0.2) is 4.98 Å². The first-order chi connectivity index (χ1) is 8.16. The molecular formula is C12H15N3O2. The summed E-state index contributed by atoms with van der Waals surface area (Å²) in [4.78, 5) is 27.1. The van der Waals surface area contributed by atoms with Crippen molar-refractivity contribution in [3.63, 3.8) is 0 Å². The van der Waals surface area contributed by atoms with Crippen LogP contribution in [0, 0.1) is 5.92 Å². The van der Waals surface area contributed by atoms with Gasteiger partial charge in [-0.2, -0.15) is 0 Å². The maximum atomic E-state index is 11.9. The van der Waals surface area contributed by atoms with E-state index in [-0.39, 0.29) is 23.7 Å². The number of nitrogens with zero attached hydrogens (tertiary/aromatic N) is 1. The number of nitrogens with one attached hydrogen (secondary N) is 2. The molecular weight excluding hydrogens is 218 g/mol. The van der Waals surface area contributed by atoms with Gasteiger partial charge in [0.15, 0.2) is 0 Å². The van der Waals surface area contributed by atoms with Crippen LogP contribution in [-0.4, -0.2) is 29.3 Å². The third kappa shape index (κ3) is 2.88. The number of hydrogen-bond acceptors (Lipinski definition) is 4. The van der Waals surface area contributed by atoms with E-state index in [4.69, 9.17) is 0 Å². The van der Waals surface area contributed by atoms with Crippen LogP contribution in [0.2, 0.25) is 0 Å². The number of ketones is 1. The number of anilines is 1. The van der Waals surface area contributed by atoms with Crippen LogP contribution in [0.4, 0.5) is 5.82 Å². The minimum absolute atomic E-state index is 0.0468. The topological polar surface area (TPSA) is 71.1 Å². The molecule has 5 nitrogen and oxygen atoms in total. The minimum atomic E-state index is -0.300. The molecule has 1 amide bonds. The second-order valence-corrected chi connectivity index (χ2v) is 4.21. The summed E-state index contributed by atoms with van der Waals surface area (Å²) in [6.45, 7) is 2.14. The standard InChI is InChI=1S/C12H15N3O2/c1-8(16)9-6-10(14-7-9)12(17)15-11-4-2-3-5-13-11/h2-5,9-10,14H,6-7H2,1H3,(H,13,15,17). The van der Waals surface area contributed by atoms with Crippen molar-refractivity contribution in [2.45, 2.75) is 19.4 Å². The quantitative estimate of drug-likeness (QED) is 0.801. The molecule has 1 aromatic rings. The molecule has 0 radical (unpaired) electrons. The molecule has 1 fully saturated rings. The van der Waals surface area contributed by atoms with Crippen LogP contribution < -0.4 is 10.6 Å². The van der Waals surface area contributed by atoms with Crippen LogP contribution in [0.25, 0.3) is 0 Å². The van der Waals surface area contributed by atoms with Crippen LogP contribution in [0.15, 0.2) is 24.4 Å². The van der Waals surface area contributed by atoms with Crippen molar-refractivity contribution < 1.29 is 9.59 Å². The first-order valence-electron chi connectivity index (χ1n) is 5.62. The molecule has 1 aliphatic heterocycles. The van der Waals surface area contributed by atoms with E-state index in [2.05, 4.69) is 15.6 Å². The van der Waals surface area contributed by atoms with Crippen molar-refractivity contribution >= 4 is 17.5 Å². The summed E-state index contributed by atoms with van der Waals surface area (Å²) in [5.41, 5.74) is 0. The Morgan fingerprint density at radius 1 is 1.47 bits per heavy atom. The maximum Gasteiger partial charge on any atom is 0.242 e. The monoisotopic (exact) mass is 233 g/mol. The Hall–Kier alpha value is -1.75. The van der Waals surface area contributed by atoms with Gasteiger partial charge in [-0.05, 0) is 25.5 Å². The molecule has 0 bridgehead atoms. The number of carbonyl (C=O) groups excluding carboxylic acids is 2. The van der Waals surface area contributed by atoms with Gasteiger partial charge in [0.25, 0.3) is 0 Å². The number of hydrogen-bond donors (Lipinski definition) is 2. The molecule has 90 valence electrons. The number of aromatic nitrogens is 1. The van der Waals surface area contributed by atoms with Crippen LogP contribution in [0.3, 0.4) is 0 Å². The van der Waals surface area contributed by atoms with Gasteiger partial charge in [-0.15, -0.1) is 0 Å². The van der Waals surface area contributed by atoms with Crippen molar-refractivity contribution in [3.8, 4) is 0 Å². The van der Waals surface area contributed by atoms with E-state index in [0.717, 1.165) is 0 Å². The van der Waals surface area contributed by atoms with Gasteiger partial charge in [0.1, 0.15) is 11.6 Å². The first-order valence-corrected chi connectivity index (χ1v) is 5.62. The van der Waals surface area contributed by atoms with E-state index in [9.17, 15) is 9.59 Å². The second kappa shape index (κ2) is 5.05. The molecule has 0 saturated carbocycles. The Bertz CT molecular complexity index is 419. The highest BCUT2D eigenvalue weighted by Gasteiger charge is 2.31. The molecule has 2 N–H and O–H groups in total. The fourth-order valence-corrected chi connectivity index (χ4v) is 1.90. The van der Waals surface area contributed by atoms with E-state index in [1.54, 1.807) is 25.3 Å². The van der Waals surface area contributed by atoms with Crippen molar-refractivity contribution in [2.24, 2.45) is 5.92 Å². The highest BCUT2D eigenvalue weighted by Crippen LogP contribution is 2.16. The molecule has 17 heavy (non-hydrogen) atoms. The Kier molecular flexibility index (Phi) is 3.49. The lowest BCUT2D eigenvalue weighted by molar-refractivity contribution is -0.120. The molecule has 1 aliphatic rings. The van der Waals surface area contributed by atoms with Gasteiger partial charge in [-0.1, -0.05) is 6.07 Å². The SMILES string of the molecule is CC(=O)C1CNC(C(=O)Nc2ccccn2)C1. The van der Waals surface area contributed by atoms with Crippen molar-refractivity contribution in [2.75, 3.05) is 11.9 Å². The number of amides is 1. The summed E-state index contributed by atoms with van der Waals surface area (Å²) < 4.78 is 0. The number of pyridine rings is 1. The molecule has 0 aromatic carbocycles. The smallest absolute Gasteiger partial charge is 0.242 e. The summed E-state index contributed by atoms with van der Waals surface area (Å²) in [5, 5.41) is 5.77. The fourth-order valence-electron chi connectivity index (χ4n) is 1.90. The molecule has 1 aromatic heterocycles. The zero-order chi connectivity index (χ0) is 12.3. The Balaban J connectivity index is 1.92. The lowest BCUT2D eigenvalue weighted by Crippen LogP contribution is -2.35. The number of carbonyl (C=O) groups is 2. The van der Waals surface area contributed by atoms with Crippen LogP contribution in [0.1, 0.15) is 13.3 Å². The molecule has 2 atom stereocenters. The van der Waals surface area contributed by atoms with E-state index < -0.39 is 0 Å². The second-order valence-electron chi connectivity index (χ2n) is 4.21.